The molecule has 1 amide bonds. The topological polar surface area (TPSA) is 111 Å². The molecule has 0 atom stereocenters. The summed E-state index contributed by atoms with van der Waals surface area (Å²) in [5.41, 5.74) is 2.31. The molecule has 3 aromatic heterocycles. The number of methoxy groups -OCH3 is 2. The maximum atomic E-state index is 13.2. The van der Waals surface area contributed by atoms with Gasteiger partial charge in [0.05, 0.1) is 30.4 Å². The predicted molar refractivity (Wildman–Crippen MR) is 125 cm³/mol. The summed E-state index contributed by atoms with van der Waals surface area (Å²) in [6, 6.07) is 10.6. The predicted octanol–water partition coefficient (Wildman–Crippen LogP) is 3.44. The second-order valence-electron chi connectivity index (χ2n) is 7.49. The number of aromatic amines is 1. The summed E-state index contributed by atoms with van der Waals surface area (Å²) < 4.78 is 12.0. The minimum Gasteiger partial charge on any atom is -0.497 e. The molecule has 3 heterocycles. The zero-order valence-electron chi connectivity index (χ0n) is 18.0. The molecule has 33 heavy (non-hydrogen) atoms. The van der Waals surface area contributed by atoms with Crippen molar-refractivity contribution in [3.8, 4) is 28.0 Å². The van der Waals surface area contributed by atoms with Crippen molar-refractivity contribution in [3.63, 3.8) is 0 Å². The number of carbonyl (C=O) groups is 1. The van der Waals surface area contributed by atoms with Gasteiger partial charge in [-0.15, -0.1) is 11.3 Å². The highest BCUT2D eigenvalue weighted by molar-refractivity contribution is 7.13. The van der Waals surface area contributed by atoms with Crippen LogP contribution in [0.2, 0.25) is 0 Å². The molecule has 0 bridgehead atoms. The third-order valence-corrected chi connectivity index (χ3v) is 6.40. The monoisotopic (exact) mass is 463 g/mol. The maximum Gasteiger partial charge on any atom is 0.260 e. The summed E-state index contributed by atoms with van der Waals surface area (Å²) in [4.78, 5) is 34.1. The van der Waals surface area contributed by atoms with E-state index in [4.69, 9.17) is 9.47 Å². The molecule has 5 rings (SSSR count). The zero-order valence-corrected chi connectivity index (χ0v) is 18.9. The van der Waals surface area contributed by atoms with Gasteiger partial charge in [0.1, 0.15) is 23.0 Å². The maximum absolute atomic E-state index is 13.2. The minimum absolute atomic E-state index is 0.172. The first-order valence-electron chi connectivity index (χ1n) is 10.4. The number of hydrogen-bond donors (Lipinski definition) is 2. The van der Waals surface area contributed by atoms with E-state index in [9.17, 15) is 9.59 Å². The first-order chi connectivity index (χ1) is 16.1. The molecule has 0 saturated heterocycles. The average Bonchev–Trinajstić information content (AvgIpc) is 3.58. The summed E-state index contributed by atoms with van der Waals surface area (Å²) in [6.07, 6.45) is 2.36. The number of ether oxygens (including phenoxy) is 2. The van der Waals surface area contributed by atoms with Crippen molar-refractivity contribution in [1.29, 1.82) is 0 Å². The van der Waals surface area contributed by atoms with Crippen molar-refractivity contribution in [2.45, 2.75) is 19.3 Å². The molecule has 10 heteroatoms. The number of amides is 1. The molecule has 1 aliphatic carbocycles. The van der Waals surface area contributed by atoms with Gasteiger partial charge in [0, 0.05) is 17.7 Å². The Morgan fingerprint density at radius 2 is 2.06 bits per heavy atom. The van der Waals surface area contributed by atoms with Crippen LogP contribution in [-0.2, 0) is 12.8 Å². The number of rotatable bonds is 6. The number of nitrogens with zero attached hydrogens (tertiary/aromatic N) is 3. The lowest BCUT2D eigenvalue weighted by Gasteiger charge is -2.12. The standard InChI is InChI=1S/C23H21N5O4S/c1-31-13-8-9-15(18(11-13)32-2)22(30)25-20-12-17(19-7-4-10-33-19)27-28(20)23-24-16-6-3-5-14(16)21(29)26-23/h4,7-12H,3,5-6H2,1-2H3,(H,25,30)(H,24,26,29). The van der Waals surface area contributed by atoms with Crippen LogP contribution in [0, 0.1) is 0 Å². The lowest BCUT2D eigenvalue weighted by Crippen LogP contribution is -2.21. The number of thiophene rings is 1. The Bertz CT molecular complexity index is 1390. The summed E-state index contributed by atoms with van der Waals surface area (Å²) in [5, 5.41) is 9.47. The highest BCUT2D eigenvalue weighted by Crippen LogP contribution is 2.29. The van der Waals surface area contributed by atoms with Crippen LogP contribution in [0.5, 0.6) is 11.5 Å². The second-order valence-corrected chi connectivity index (χ2v) is 8.44. The Balaban J connectivity index is 1.57. The van der Waals surface area contributed by atoms with E-state index in [1.807, 2.05) is 17.5 Å². The van der Waals surface area contributed by atoms with Crippen molar-refractivity contribution < 1.29 is 14.3 Å². The Morgan fingerprint density at radius 3 is 2.82 bits per heavy atom. The van der Waals surface area contributed by atoms with E-state index in [0.29, 0.717) is 28.6 Å². The molecule has 1 aliphatic rings. The summed E-state index contributed by atoms with van der Waals surface area (Å²) in [6.45, 7) is 0. The van der Waals surface area contributed by atoms with Crippen molar-refractivity contribution in [1.82, 2.24) is 19.7 Å². The quantitative estimate of drug-likeness (QED) is 0.453. The molecule has 0 fully saturated rings. The Morgan fingerprint density at radius 1 is 1.18 bits per heavy atom. The van der Waals surface area contributed by atoms with Gasteiger partial charge in [-0.2, -0.15) is 9.78 Å². The summed E-state index contributed by atoms with van der Waals surface area (Å²) in [5.74, 6) is 1.20. The smallest absolute Gasteiger partial charge is 0.260 e. The van der Waals surface area contributed by atoms with E-state index in [1.165, 1.54) is 23.1 Å². The largest absolute Gasteiger partial charge is 0.497 e. The number of anilines is 1. The SMILES string of the molecule is COc1ccc(C(=O)Nc2cc(-c3cccs3)nn2-c2nc3c(c(=O)[nH]2)CCC3)c(OC)c1. The molecular formula is C23H21N5O4S. The van der Waals surface area contributed by atoms with Gasteiger partial charge >= 0.3 is 0 Å². The Kier molecular flexibility index (Phi) is 5.43. The number of nitrogens with one attached hydrogen (secondary N) is 2. The van der Waals surface area contributed by atoms with E-state index >= 15 is 0 Å². The van der Waals surface area contributed by atoms with Crippen LogP contribution < -0.4 is 20.3 Å². The Labute approximate surface area is 193 Å². The van der Waals surface area contributed by atoms with Crippen LogP contribution in [0.15, 0.2) is 46.6 Å². The number of aromatic nitrogens is 4. The minimum atomic E-state index is -0.392. The van der Waals surface area contributed by atoms with Crippen molar-refractivity contribution in [3.05, 3.63) is 69.0 Å². The molecule has 2 N–H and O–H groups in total. The molecule has 0 aliphatic heterocycles. The third-order valence-electron chi connectivity index (χ3n) is 5.51. The molecule has 168 valence electrons. The molecule has 0 radical (unpaired) electrons. The normalized spacial score (nSPS) is 12.4. The van der Waals surface area contributed by atoms with Crippen molar-refractivity contribution in [2.24, 2.45) is 0 Å². The third kappa shape index (κ3) is 3.89. The van der Waals surface area contributed by atoms with Gasteiger partial charge in [0.25, 0.3) is 11.5 Å². The van der Waals surface area contributed by atoms with Gasteiger partial charge in [-0.25, -0.2) is 4.98 Å². The van der Waals surface area contributed by atoms with E-state index in [-0.39, 0.29) is 11.5 Å². The van der Waals surface area contributed by atoms with E-state index in [1.54, 1.807) is 31.4 Å². The van der Waals surface area contributed by atoms with Crippen LogP contribution in [-0.4, -0.2) is 39.9 Å². The van der Waals surface area contributed by atoms with Crippen LogP contribution >= 0.6 is 11.3 Å². The number of aryl methyl sites for hydroxylation is 1. The second kappa shape index (κ2) is 8.55. The fourth-order valence-corrected chi connectivity index (χ4v) is 4.56. The van der Waals surface area contributed by atoms with Gasteiger partial charge in [-0.1, -0.05) is 6.07 Å². The van der Waals surface area contributed by atoms with Gasteiger partial charge < -0.3 is 14.8 Å². The molecule has 4 aromatic rings. The number of hydrogen-bond acceptors (Lipinski definition) is 7. The fraction of sp³-hybridized carbons (Fsp3) is 0.217. The van der Waals surface area contributed by atoms with Gasteiger partial charge in [0.2, 0.25) is 5.95 Å². The van der Waals surface area contributed by atoms with Gasteiger partial charge in [-0.05, 0) is 42.8 Å². The number of fused-ring (bicyclic) bond motifs is 1. The molecule has 9 nitrogen and oxygen atoms in total. The molecule has 1 aromatic carbocycles. The Hall–Kier alpha value is -3.92. The van der Waals surface area contributed by atoms with Crippen LogP contribution in [0.4, 0.5) is 5.82 Å². The van der Waals surface area contributed by atoms with E-state index < -0.39 is 5.91 Å². The average molecular weight is 464 g/mol. The number of H-pyrrole nitrogens is 1. The van der Waals surface area contributed by atoms with Crippen molar-refractivity contribution >= 4 is 23.1 Å². The molecule has 0 unspecified atom stereocenters. The fourth-order valence-electron chi connectivity index (χ4n) is 3.87. The van der Waals surface area contributed by atoms with E-state index in [2.05, 4.69) is 20.4 Å². The van der Waals surface area contributed by atoms with Crippen LogP contribution in [0.25, 0.3) is 16.5 Å². The lowest BCUT2D eigenvalue weighted by molar-refractivity contribution is 0.102. The van der Waals surface area contributed by atoms with Gasteiger partial charge in [-0.3, -0.25) is 14.6 Å². The van der Waals surface area contributed by atoms with Crippen LogP contribution in [0.3, 0.4) is 0 Å². The molecule has 0 spiro atoms. The zero-order chi connectivity index (χ0) is 22.9. The molecule has 0 saturated carbocycles. The number of carbonyl (C=O) groups excluding carboxylic acids is 1. The van der Waals surface area contributed by atoms with E-state index in [0.717, 1.165) is 35.4 Å². The van der Waals surface area contributed by atoms with Crippen molar-refractivity contribution in [2.75, 3.05) is 19.5 Å². The summed E-state index contributed by atoms with van der Waals surface area (Å²) in [7, 11) is 3.04. The first kappa shape index (κ1) is 21.0. The highest BCUT2D eigenvalue weighted by Gasteiger charge is 2.22. The summed E-state index contributed by atoms with van der Waals surface area (Å²) >= 11 is 1.53. The number of benzene rings is 1. The van der Waals surface area contributed by atoms with Gasteiger partial charge in [0.15, 0.2) is 0 Å². The lowest BCUT2D eigenvalue weighted by atomic mass is 10.1. The highest BCUT2D eigenvalue weighted by atomic mass is 32.1. The molecular weight excluding hydrogens is 442 g/mol. The first-order valence-corrected chi connectivity index (χ1v) is 11.2. The van der Waals surface area contributed by atoms with Crippen LogP contribution in [0.1, 0.15) is 28.0 Å².